The smallest absolute Gasteiger partial charge is 0.209 e. The van der Waals surface area contributed by atoms with Crippen LogP contribution in [0.5, 0.6) is 5.75 Å². The van der Waals surface area contributed by atoms with E-state index in [4.69, 9.17) is 0 Å². The Kier molecular flexibility index (Phi) is 8.21. The fourth-order valence-electron chi connectivity index (χ4n) is 8.94. The molecule has 2 aromatic rings. The first-order chi connectivity index (χ1) is 21.3. The molecule has 0 spiro atoms. The van der Waals surface area contributed by atoms with Gasteiger partial charge in [-0.05, 0) is 78.2 Å². The van der Waals surface area contributed by atoms with Crippen LogP contribution in [0.3, 0.4) is 0 Å². The van der Waals surface area contributed by atoms with Gasteiger partial charge in [-0.25, -0.2) is 0 Å². The van der Waals surface area contributed by atoms with Crippen LogP contribution in [0.1, 0.15) is 119 Å². The Balaban J connectivity index is 1.68. The Morgan fingerprint density at radius 1 is 0.935 bits per heavy atom. The van der Waals surface area contributed by atoms with Gasteiger partial charge in [0.25, 0.3) is 0 Å². The average molecular weight is 629 g/mol. The summed E-state index contributed by atoms with van der Waals surface area (Å²) in [7, 11) is 0. The lowest BCUT2D eigenvalue weighted by Gasteiger charge is -2.59. The van der Waals surface area contributed by atoms with Crippen molar-refractivity contribution in [2.45, 2.75) is 105 Å². The first-order valence-corrected chi connectivity index (χ1v) is 16.5. The zero-order chi connectivity index (χ0) is 34.3. The molecular formula is C39H48O7. The van der Waals surface area contributed by atoms with Crippen LogP contribution in [-0.4, -0.2) is 43.4 Å². The Morgan fingerprint density at radius 2 is 1.54 bits per heavy atom. The zero-order valence-corrected chi connectivity index (χ0v) is 28.5. The van der Waals surface area contributed by atoms with Crippen molar-refractivity contribution in [1.29, 1.82) is 0 Å². The second-order valence-corrected chi connectivity index (χ2v) is 15.3. The molecule has 4 N–H and O–H groups in total. The van der Waals surface area contributed by atoms with Gasteiger partial charge in [0.2, 0.25) is 5.78 Å². The number of aryl methyl sites for hydroxylation is 2. The Morgan fingerprint density at radius 3 is 2.07 bits per heavy atom. The molecule has 0 saturated heterocycles. The number of fused-ring (bicyclic) bond motifs is 3. The predicted molar refractivity (Wildman–Crippen MR) is 177 cm³/mol. The van der Waals surface area contributed by atoms with Gasteiger partial charge < -0.3 is 20.4 Å². The number of aliphatic hydroxyl groups is 3. The highest BCUT2D eigenvalue weighted by Crippen LogP contribution is 2.65. The van der Waals surface area contributed by atoms with Crippen molar-refractivity contribution >= 4 is 17.3 Å². The minimum absolute atomic E-state index is 0.0230. The van der Waals surface area contributed by atoms with E-state index in [1.165, 1.54) is 5.56 Å². The van der Waals surface area contributed by atoms with Crippen molar-refractivity contribution < 1.29 is 34.8 Å². The van der Waals surface area contributed by atoms with Gasteiger partial charge in [-0.15, -0.1) is 0 Å². The number of phenolic OH excluding ortho intramolecular Hbond substituents is 1. The lowest BCUT2D eigenvalue weighted by molar-refractivity contribution is -0.171. The van der Waals surface area contributed by atoms with Crippen molar-refractivity contribution in [3.63, 3.8) is 0 Å². The summed E-state index contributed by atoms with van der Waals surface area (Å²) in [6, 6.07) is 10.4. The SMILES string of the molecule is CC(=O)C1=C(O)C(C(C)C)[C@@]2(C)C[C@@]3(C)Cc4c(C(C)C)cc(CCc5ccc(C(C)C)cc5)c(O)c4C(=O)C3=C(O)[C@@]2(O)C1=O. The highest BCUT2D eigenvalue weighted by atomic mass is 16.3. The van der Waals surface area contributed by atoms with Crippen LogP contribution < -0.4 is 0 Å². The summed E-state index contributed by atoms with van der Waals surface area (Å²) >= 11 is 0. The van der Waals surface area contributed by atoms with E-state index in [9.17, 15) is 34.8 Å². The summed E-state index contributed by atoms with van der Waals surface area (Å²) in [5.74, 6) is -4.50. The van der Waals surface area contributed by atoms with Gasteiger partial charge in [-0.2, -0.15) is 0 Å². The van der Waals surface area contributed by atoms with Crippen molar-refractivity contribution in [2.24, 2.45) is 22.7 Å². The van der Waals surface area contributed by atoms with E-state index in [0.717, 1.165) is 18.1 Å². The third-order valence-corrected chi connectivity index (χ3v) is 11.1. The standard InChI is InChI=1S/C39H48O7/c1-19(2)24-13-10-23(11-14-24)12-15-25-16-26(20(3)4)27-17-37(8)18-38(9)30(21(5)6)33(42)28(22(7)40)35(44)39(38,46)36(45)31(37)34(43)29(27)32(25)41/h10-11,13-14,16,19-21,30,41-42,45-46H,12,15,17-18H2,1-9H3/t30?,37-,38-,39+/m1/s1. The molecule has 1 unspecified atom stereocenters. The number of phenols is 1. The van der Waals surface area contributed by atoms with Crippen LogP contribution in [0, 0.1) is 22.7 Å². The van der Waals surface area contributed by atoms with Crippen LogP contribution in [0.15, 0.2) is 53.0 Å². The number of aromatic hydroxyl groups is 1. The number of benzene rings is 2. The van der Waals surface area contributed by atoms with Crippen LogP contribution >= 0.6 is 0 Å². The first kappa shape index (κ1) is 33.6. The molecule has 0 bridgehead atoms. The van der Waals surface area contributed by atoms with Crippen LogP contribution in [0.25, 0.3) is 0 Å². The van der Waals surface area contributed by atoms with Crippen molar-refractivity contribution in [3.05, 3.63) is 86.4 Å². The lowest BCUT2D eigenvalue weighted by Crippen LogP contribution is -2.67. The third kappa shape index (κ3) is 4.68. The largest absolute Gasteiger partial charge is 0.511 e. The monoisotopic (exact) mass is 628 g/mol. The topological polar surface area (TPSA) is 132 Å². The van der Waals surface area contributed by atoms with Crippen LogP contribution in [-0.2, 0) is 28.9 Å². The molecule has 0 heterocycles. The van der Waals surface area contributed by atoms with Gasteiger partial charge in [0.05, 0.1) is 5.56 Å². The predicted octanol–water partition coefficient (Wildman–Crippen LogP) is 7.38. The Hall–Kier alpha value is -3.71. The average Bonchev–Trinajstić information content (AvgIpc) is 2.94. The number of Topliss-reactive ketones (excluding diaryl/α,β-unsaturated/α-hetero) is 3. The van der Waals surface area contributed by atoms with E-state index in [2.05, 4.69) is 38.1 Å². The van der Waals surface area contributed by atoms with Gasteiger partial charge in [0.15, 0.2) is 17.2 Å². The lowest BCUT2D eigenvalue weighted by atomic mass is 9.44. The molecule has 46 heavy (non-hydrogen) atoms. The van der Waals surface area contributed by atoms with Crippen LogP contribution in [0.4, 0.5) is 0 Å². The molecule has 4 atom stereocenters. The summed E-state index contributed by atoms with van der Waals surface area (Å²) in [6.07, 6.45) is 1.49. The molecule has 0 aliphatic heterocycles. The minimum Gasteiger partial charge on any atom is -0.511 e. The quantitative estimate of drug-likeness (QED) is 0.235. The molecule has 7 heteroatoms. The van der Waals surface area contributed by atoms with Crippen molar-refractivity contribution in [2.75, 3.05) is 0 Å². The summed E-state index contributed by atoms with van der Waals surface area (Å²) in [6.45, 7) is 16.6. The summed E-state index contributed by atoms with van der Waals surface area (Å²) in [5.41, 5.74) is -1.07. The van der Waals surface area contributed by atoms with E-state index in [-0.39, 0.29) is 47.3 Å². The van der Waals surface area contributed by atoms with E-state index in [1.807, 2.05) is 40.7 Å². The highest BCUT2D eigenvalue weighted by Gasteiger charge is 2.71. The van der Waals surface area contributed by atoms with E-state index in [0.29, 0.717) is 29.9 Å². The Labute approximate surface area is 272 Å². The number of allylic oxidation sites excluding steroid dienone is 2. The fraction of sp³-hybridized carbons (Fsp3) is 0.513. The number of rotatable bonds is 7. The molecule has 246 valence electrons. The fourth-order valence-corrected chi connectivity index (χ4v) is 8.94. The molecule has 0 amide bonds. The maximum atomic E-state index is 14.6. The maximum absolute atomic E-state index is 14.6. The van der Waals surface area contributed by atoms with Gasteiger partial charge in [-0.1, -0.05) is 85.7 Å². The molecule has 2 aromatic carbocycles. The summed E-state index contributed by atoms with van der Waals surface area (Å²) in [5, 5.41) is 47.3. The second-order valence-electron chi connectivity index (χ2n) is 15.3. The molecule has 3 aliphatic rings. The van der Waals surface area contributed by atoms with Crippen molar-refractivity contribution in [3.8, 4) is 5.75 Å². The normalized spacial score (nSPS) is 27.8. The molecule has 5 rings (SSSR count). The molecule has 0 radical (unpaired) electrons. The number of hydrogen-bond donors (Lipinski definition) is 4. The van der Waals surface area contributed by atoms with Gasteiger partial charge in [-0.3, -0.25) is 14.4 Å². The van der Waals surface area contributed by atoms with E-state index >= 15 is 0 Å². The highest BCUT2D eigenvalue weighted by molar-refractivity contribution is 6.25. The number of aliphatic hydroxyl groups excluding tert-OH is 2. The number of ketones is 3. The summed E-state index contributed by atoms with van der Waals surface area (Å²) in [4.78, 5) is 41.2. The first-order valence-electron chi connectivity index (χ1n) is 16.5. The van der Waals surface area contributed by atoms with Crippen LogP contribution in [0.2, 0.25) is 0 Å². The molecule has 0 fully saturated rings. The van der Waals surface area contributed by atoms with E-state index < -0.39 is 51.0 Å². The van der Waals surface area contributed by atoms with Gasteiger partial charge >= 0.3 is 0 Å². The maximum Gasteiger partial charge on any atom is 0.209 e. The molecule has 0 saturated carbocycles. The van der Waals surface area contributed by atoms with Crippen molar-refractivity contribution in [1.82, 2.24) is 0 Å². The molecular weight excluding hydrogens is 580 g/mol. The minimum atomic E-state index is -2.62. The number of hydrogen-bond acceptors (Lipinski definition) is 7. The van der Waals surface area contributed by atoms with Gasteiger partial charge in [0, 0.05) is 22.3 Å². The second kappa shape index (κ2) is 11.2. The number of carbonyl (C=O) groups is 3. The van der Waals surface area contributed by atoms with Gasteiger partial charge in [0.1, 0.15) is 22.8 Å². The molecule has 3 aliphatic carbocycles. The Bertz CT molecular complexity index is 1710. The molecule has 0 aromatic heterocycles. The third-order valence-electron chi connectivity index (χ3n) is 11.1. The molecule has 7 nitrogen and oxygen atoms in total. The van der Waals surface area contributed by atoms with E-state index in [1.54, 1.807) is 6.92 Å². The summed E-state index contributed by atoms with van der Waals surface area (Å²) < 4.78 is 0. The number of carbonyl (C=O) groups excluding carboxylic acids is 3. The zero-order valence-electron chi connectivity index (χ0n) is 28.5.